The molecule has 0 saturated heterocycles. The van der Waals surface area contributed by atoms with Crippen molar-refractivity contribution in [3.05, 3.63) is 32.8 Å². The van der Waals surface area contributed by atoms with Crippen LogP contribution in [0.3, 0.4) is 0 Å². The zero-order valence-electron chi connectivity index (χ0n) is 12.2. The van der Waals surface area contributed by atoms with Gasteiger partial charge in [0.05, 0.1) is 10.6 Å². The Hall–Kier alpha value is -1.14. The van der Waals surface area contributed by atoms with Crippen molar-refractivity contribution < 1.29 is 4.92 Å². The number of nitro benzene ring substituents is 1. The highest BCUT2D eigenvalue weighted by Gasteiger charge is 2.22. The van der Waals surface area contributed by atoms with Crippen LogP contribution in [-0.4, -0.2) is 24.6 Å². The second kappa shape index (κ2) is 7.04. The van der Waals surface area contributed by atoms with Gasteiger partial charge in [0.15, 0.2) is 0 Å². The minimum absolute atomic E-state index is 0.00359. The van der Waals surface area contributed by atoms with Gasteiger partial charge in [-0.3, -0.25) is 10.1 Å². The Morgan fingerprint density at radius 1 is 1.45 bits per heavy atom. The molecule has 0 unspecified atom stereocenters. The van der Waals surface area contributed by atoms with E-state index in [0.29, 0.717) is 6.54 Å². The second-order valence-corrected chi connectivity index (χ2v) is 6.54. The van der Waals surface area contributed by atoms with Crippen LogP contribution in [0.4, 0.5) is 11.4 Å². The van der Waals surface area contributed by atoms with Crippen molar-refractivity contribution in [3.63, 3.8) is 0 Å². The van der Waals surface area contributed by atoms with Crippen LogP contribution in [-0.2, 0) is 0 Å². The van der Waals surface area contributed by atoms with Gasteiger partial charge in [-0.2, -0.15) is 0 Å². The summed E-state index contributed by atoms with van der Waals surface area (Å²) >= 11 is 3.44. The molecule has 0 aliphatic heterocycles. The minimum atomic E-state index is -0.386. The van der Waals surface area contributed by atoms with Crippen molar-refractivity contribution in [1.82, 2.24) is 0 Å². The Kier molecular flexibility index (Phi) is 5.95. The second-order valence-electron chi connectivity index (χ2n) is 5.68. The van der Waals surface area contributed by atoms with Crippen LogP contribution < -0.4 is 10.6 Å². The fourth-order valence-corrected chi connectivity index (χ4v) is 2.62. The Morgan fingerprint density at radius 2 is 2.10 bits per heavy atom. The summed E-state index contributed by atoms with van der Waals surface area (Å²) in [5, 5.41) is 10.8. The molecule has 6 heteroatoms. The number of nitrogens with zero attached hydrogens (tertiary/aromatic N) is 2. The number of nitrogens with two attached hydrogens (primary N) is 1. The number of rotatable bonds is 7. The molecule has 20 heavy (non-hydrogen) atoms. The van der Waals surface area contributed by atoms with Crippen LogP contribution in [0.5, 0.6) is 0 Å². The summed E-state index contributed by atoms with van der Waals surface area (Å²) in [6, 6.07) is 4.89. The standard InChI is InChI=1S/C14H22BrN3O2/c1-4-7-17(10-14(2,3)9-16)13-6-5-11(18(19)20)8-12(13)15/h5-6,8H,4,7,9-10,16H2,1-3H3. The zero-order chi connectivity index (χ0) is 15.3. The minimum Gasteiger partial charge on any atom is -0.370 e. The zero-order valence-corrected chi connectivity index (χ0v) is 13.8. The van der Waals surface area contributed by atoms with Gasteiger partial charge < -0.3 is 10.6 Å². The first-order chi connectivity index (χ1) is 9.30. The molecule has 0 atom stereocenters. The van der Waals surface area contributed by atoms with E-state index in [0.717, 1.165) is 29.7 Å². The molecule has 0 amide bonds. The van der Waals surface area contributed by atoms with Gasteiger partial charge in [0, 0.05) is 29.7 Å². The number of non-ortho nitro benzene ring substituents is 1. The third kappa shape index (κ3) is 4.45. The molecule has 0 aromatic heterocycles. The lowest BCUT2D eigenvalue weighted by Gasteiger charge is -2.33. The predicted molar refractivity (Wildman–Crippen MR) is 86.1 cm³/mol. The third-order valence-electron chi connectivity index (χ3n) is 3.15. The van der Waals surface area contributed by atoms with E-state index in [-0.39, 0.29) is 16.0 Å². The van der Waals surface area contributed by atoms with Crippen LogP contribution >= 0.6 is 15.9 Å². The molecule has 0 aliphatic carbocycles. The van der Waals surface area contributed by atoms with Crippen molar-refractivity contribution in [1.29, 1.82) is 0 Å². The van der Waals surface area contributed by atoms with Crippen LogP contribution in [0.25, 0.3) is 0 Å². The van der Waals surface area contributed by atoms with E-state index in [1.165, 1.54) is 6.07 Å². The van der Waals surface area contributed by atoms with Crippen molar-refractivity contribution >= 4 is 27.3 Å². The number of anilines is 1. The lowest BCUT2D eigenvalue weighted by molar-refractivity contribution is -0.384. The highest BCUT2D eigenvalue weighted by molar-refractivity contribution is 9.10. The molecule has 1 aromatic carbocycles. The molecule has 0 radical (unpaired) electrons. The number of halogens is 1. The van der Waals surface area contributed by atoms with Crippen LogP contribution in [0, 0.1) is 15.5 Å². The van der Waals surface area contributed by atoms with Gasteiger partial charge in [-0.1, -0.05) is 20.8 Å². The molecule has 1 aromatic rings. The van der Waals surface area contributed by atoms with Gasteiger partial charge in [0.25, 0.3) is 5.69 Å². The Labute approximate surface area is 128 Å². The Morgan fingerprint density at radius 3 is 2.55 bits per heavy atom. The molecule has 112 valence electrons. The molecule has 0 bridgehead atoms. The van der Waals surface area contributed by atoms with Gasteiger partial charge in [-0.15, -0.1) is 0 Å². The monoisotopic (exact) mass is 343 g/mol. The first kappa shape index (κ1) is 16.9. The SMILES string of the molecule is CCCN(CC(C)(C)CN)c1ccc([N+](=O)[O-])cc1Br. The first-order valence-electron chi connectivity index (χ1n) is 6.69. The molecule has 0 spiro atoms. The fourth-order valence-electron chi connectivity index (χ4n) is 2.00. The molecule has 0 aliphatic rings. The quantitative estimate of drug-likeness (QED) is 0.606. The highest BCUT2D eigenvalue weighted by atomic mass is 79.9. The molecule has 0 fully saturated rings. The van der Waals surface area contributed by atoms with Gasteiger partial charge in [0.1, 0.15) is 0 Å². The average Bonchev–Trinajstić information content (AvgIpc) is 2.38. The molecular formula is C14H22BrN3O2. The van der Waals surface area contributed by atoms with E-state index in [1.807, 2.05) is 0 Å². The van der Waals surface area contributed by atoms with E-state index in [4.69, 9.17) is 5.73 Å². The molecule has 0 heterocycles. The summed E-state index contributed by atoms with van der Waals surface area (Å²) < 4.78 is 0.743. The average molecular weight is 344 g/mol. The van der Waals surface area contributed by atoms with Crippen molar-refractivity contribution in [2.75, 3.05) is 24.5 Å². The number of nitro groups is 1. The van der Waals surface area contributed by atoms with E-state index in [1.54, 1.807) is 12.1 Å². The topological polar surface area (TPSA) is 72.4 Å². The fraction of sp³-hybridized carbons (Fsp3) is 0.571. The number of hydrogen-bond acceptors (Lipinski definition) is 4. The maximum Gasteiger partial charge on any atom is 0.270 e. The first-order valence-corrected chi connectivity index (χ1v) is 7.49. The summed E-state index contributed by atoms with van der Waals surface area (Å²) in [5.74, 6) is 0. The third-order valence-corrected chi connectivity index (χ3v) is 3.78. The van der Waals surface area contributed by atoms with Crippen molar-refractivity contribution in [2.45, 2.75) is 27.2 Å². The smallest absolute Gasteiger partial charge is 0.270 e. The highest BCUT2D eigenvalue weighted by Crippen LogP contribution is 2.32. The Balaban J connectivity index is 3.06. The summed E-state index contributed by atoms with van der Waals surface area (Å²) in [7, 11) is 0. The summed E-state index contributed by atoms with van der Waals surface area (Å²) in [5.41, 5.74) is 6.86. The van der Waals surface area contributed by atoms with Gasteiger partial charge in [0.2, 0.25) is 0 Å². The van der Waals surface area contributed by atoms with E-state index in [9.17, 15) is 10.1 Å². The predicted octanol–water partition coefficient (Wildman–Crippen LogP) is 3.56. The molecule has 1 rings (SSSR count). The Bertz CT molecular complexity index is 477. The molecule has 0 saturated carbocycles. The van der Waals surface area contributed by atoms with Gasteiger partial charge in [-0.25, -0.2) is 0 Å². The van der Waals surface area contributed by atoms with E-state index >= 15 is 0 Å². The largest absolute Gasteiger partial charge is 0.370 e. The van der Waals surface area contributed by atoms with Gasteiger partial charge >= 0.3 is 0 Å². The van der Waals surface area contributed by atoms with Crippen LogP contribution in [0.2, 0.25) is 0 Å². The number of hydrogen-bond donors (Lipinski definition) is 1. The van der Waals surface area contributed by atoms with Gasteiger partial charge in [-0.05, 0) is 40.4 Å². The normalized spacial score (nSPS) is 11.4. The van der Waals surface area contributed by atoms with Crippen LogP contribution in [0.15, 0.2) is 22.7 Å². The summed E-state index contributed by atoms with van der Waals surface area (Å²) in [6.45, 7) is 8.65. The molecule has 2 N–H and O–H groups in total. The van der Waals surface area contributed by atoms with E-state index in [2.05, 4.69) is 41.6 Å². The molecule has 5 nitrogen and oxygen atoms in total. The summed E-state index contributed by atoms with van der Waals surface area (Å²) in [6.07, 6.45) is 1.00. The van der Waals surface area contributed by atoms with Crippen molar-refractivity contribution in [3.8, 4) is 0 Å². The summed E-state index contributed by atoms with van der Waals surface area (Å²) in [4.78, 5) is 12.6. The maximum absolute atomic E-state index is 10.8. The van der Waals surface area contributed by atoms with Crippen molar-refractivity contribution in [2.24, 2.45) is 11.1 Å². The number of benzene rings is 1. The lowest BCUT2D eigenvalue weighted by atomic mass is 9.92. The van der Waals surface area contributed by atoms with E-state index < -0.39 is 0 Å². The van der Waals surface area contributed by atoms with Crippen LogP contribution in [0.1, 0.15) is 27.2 Å². The molecular weight excluding hydrogens is 322 g/mol. The lowest BCUT2D eigenvalue weighted by Crippen LogP contribution is -2.39. The maximum atomic E-state index is 10.8.